The molecule has 0 aliphatic carbocycles. The van der Waals surface area contributed by atoms with E-state index in [1.165, 1.54) is 4.31 Å². The van der Waals surface area contributed by atoms with Gasteiger partial charge in [0.15, 0.2) is 0 Å². The quantitative estimate of drug-likeness (QED) is 0.828. The Bertz CT molecular complexity index is 992. The molecule has 0 saturated carbocycles. The summed E-state index contributed by atoms with van der Waals surface area (Å²) in [6.07, 6.45) is -0.301. The highest BCUT2D eigenvalue weighted by Gasteiger charge is 2.36. The van der Waals surface area contributed by atoms with Crippen molar-refractivity contribution in [2.45, 2.75) is 37.9 Å². The van der Waals surface area contributed by atoms with E-state index in [0.29, 0.717) is 30.6 Å². The van der Waals surface area contributed by atoms with Crippen LogP contribution in [0.2, 0.25) is 0 Å². The van der Waals surface area contributed by atoms with Gasteiger partial charge in [-0.05, 0) is 39.0 Å². The van der Waals surface area contributed by atoms with Gasteiger partial charge in [-0.25, -0.2) is 8.42 Å². The number of carbonyl (C=O) groups excluding carboxylic acids is 1. The fraction of sp³-hybridized carbons (Fsp3) is 0.421. The standard InChI is InChI=1S/C19H22N2O4S/c1-4-21-16-8-9-17(14-6-5-7-15(18(14)16)19(21)22)26(23,24)20-10-12(2)25-13(3)11-20/h5-9,12-13H,4,10-11H2,1-3H3/t12-,13+. The van der Waals surface area contributed by atoms with Gasteiger partial charge >= 0.3 is 0 Å². The number of hydrogen-bond donors (Lipinski definition) is 0. The minimum absolute atomic E-state index is 0.0729. The predicted molar refractivity (Wildman–Crippen MR) is 100 cm³/mol. The topological polar surface area (TPSA) is 66.9 Å². The molecule has 2 atom stereocenters. The van der Waals surface area contributed by atoms with E-state index in [1.807, 2.05) is 20.8 Å². The maximum absolute atomic E-state index is 13.3. The highest BCUT2D eigenvalue weighted by molar-refractivity contribution is 7.89. The van der Waals surface area contributed by atoms with Crippen LogP contribution >= 0.6 is 0 Å². The molecule has 0 unspecified atom stereocenters. The van der Waals surface area contributed by atoms with Crippen LogP contribution in [0.4, 0.5) is 5.69 Å². The summed E-state index contributed by atoms with van der Waals surface area (Å²) >= 11 is 0. The van der Waals surface area contributed by atoms with Gasteiger partial charge in [-0.15, -0.1) is 0 Å². The largest absolute Gasteiger partial charge is 0.373 e. The molecule has 2 aliphatic rings. The smallest absolute Gasteiger partial charge is 0.258 e. The first-order valence-electron chi connectivity index (χ1n) is 8.87. The van der Waals surface area contributed by atoms with Crippen molar-refractivity contribution in [2.75, 3.05) is 24.5 Å². The zero-order valence-electron chi connectivity index (χ0n) is 15.1. The number of amides is 1. The number of morpholine rings is 1. The predicted octanol–water partition coefficient (Wildman–Crippen LogP) is 2.62. The van der Waals surface area contributed by atoms with E-state index in [4.69, 9.17) is 4.74 Å². The number of anilines is 1. The van der Waals surface area contributed by atoms with Crippen molar-refractivity contribution < 1.29 is 17.9 Å². The van der Waals surface area contributed by atoms with E-state index in [0.717, 1.165) is 11.1 Å². The molecule has 0 bridgehead atoms. The zero-order chi connectivity index (χ0) is 18.6. The third-order valence-corrected chi connectivity index (χ3v) is 6.95. The lowest BCUT2D eigenvalue weighted by atomic mass is 10.1. The molecule has 138 valence electrons. The van der Waals surface area contributed by atoms with Crippen molar-refractivity contribution in [3.05, 3.63) is 35.9 Å². The molecule has 2 aliphatic heterocycles. The van der Waals surface area contributed by atoms with Gasteiger partial charge in [0.1, 0.15) is 0 Å². The molecular formula is C19H22N2O4S. The van der Waals surface area contributed by atoms with Crippen molar-refractivity contribution in [3.63, 3.8) is 0 Å². The van der Waals surface area contributed by atoms with Gasteiger partial charge < -0.3 is 9.64 Å². The zero-order valence-corrected chi connectivity index (χ0v) is 15.9. The lowest BCUT2D eigenvalue weighted by Gasteiger charge is -2.34. The van der Waals surface area contributed by atoms with Gasteiger partial charge in [-0.3, -0.25) is 4.79 Å². The van der Waals surface area contributed by atoms with Gasteiger partial charge in [0.2, 0.25) is 10.0 Å². The minimum atomic E-state index is -3.68. The average molecular weight is 374 g/mol. The second kappa shape index (κ2) is 6.04. The van der Waals surface area contributed by atoms with Crippen LogP contribution < -0.4 is 4.90 Å². The molecule has 0 radical (unpaired) electrons. The van der Waals surface area contributed by atoms with E-state index < -0.39 is 10.0 Å². The molecule has 1 saturated heterocycles. The molecular weight excluding hydrogens is 352 g/mol. The summed E-state index contributed by atoms with van der Waals surface area (Å²) in [5, 5.41) is 1.34. The number of sulfonamides is 1. The molecule has 2 heterocycles. The summed E-state index contributed by atoms with van der Waals surface area (Å²) < 4.78 is 33.8. The SMILES string of the molecule is CCN1C(=O)c2cccc3c(S(=O)(=O)N4C[C@@H](C)O[C@@H](C)C4)ccc1c23. The van der Waals surface area contributed by atoms with E-state index in [1.54, 1.807) is 35.2 Å². The Balaban J connectivity index is 1.89. The molecule has 26 heavy (non-hydrogen) atoms. The van der Waals surface area contributed by atoms with Gasteiger partial charge in [0, 0.05) is 36.0 Å². The Hall–Kier alpha value is -1.96. The third-order valence-electron chi connectivity index (χ3n) is 5.07. The fourth-order valence-corrected chi connectivity index (χ4v) is 5.80. The summed E-state index contributed by atoms with van der Waals surface area (Å²) in [5.41, 5.74) is 1.35. The van der Waals surface area contributed by atoms with Crippen molar-refractivity contribution in [1.29, 1.82) is 0 Å². The van der Waals surface area contributed by atoms with Gasteiger partial charge in [-0.2, -0.15) is 4.31 Å². The average Bonchev–Trinajstić information content (AvgIpc) is 2.87. The van der Waals surface area contributed by atoms with E-state index in [2.05, 4.69) is 0 Å². The summed E-state index contributed by atoms with van der Waals surface area (Å²) in [7, 11) is -3.68. The minimum Gasteiger partial charge on any atom is -0.373 e. The Kier molecular flexibility index (Phi) is 4.06. The number of nitrogens with zero attached hydrogens (tertiary/aromatic N) is 2. The third kappa shape index (κ3) is 2.46. The van der Waals surface area contributed by atoms with Crippen molar-refractivity contribution in [2.24, 2.45) is 0 Å². The summed E-state index contributed by atoms with van der Waals surface area (Å²) in [5.74, 6) is -0.0729. The van der Waals surface area contributed by atoms with Crippen LogP contribution in [0.15, 0.2) is 35.2 Å². The van der Waals surface area contributed by atoms with E-state index in [-0.39, 0.29) is 23.0 Å². The second-order valence-corrected chi connectivity index (χ2v) is 8.85. The Morgan fingerprint density at radius 3 is 2.46 bits per heavy atom. The van der Waals surface area contributed by atoms with Gasteiger partial charge in [0.25, 0.3) is 5.91 Å². The molecule has 2 aromatic carbocycles. The summed E-state index contributed by atoms with van der Waals surface area (Å²) in [6.45, 7) is 6.88. The highest BCUT2D eigenvalue weighted by atomic mass is 32.2. The molecule has 2 aromatic rings. The van der Waals surface area contributed by atoms with Crippen molar-refractivity contribution in [1.82, 2.24) is 4.31 Å². The molecule has 0 N–H and O–H groups in total. The highest BCUT2D eigenvalue weighted by Crippen LogP contribution is 2.40. The maximum Gasteiger partial charge on any atom is 0.258 e. The Morgan fingerprint density at radius 1 is 1.12 bits per heavy atom. The number of ether oxygens (including phenoxy) is 1. The van der Waals surface area contributed by atoms with Crippen LogP contribution in [-0.4, -0.2) is 50.5 Å². The lowest BCUT2D eigenvalue weighted by molar-refractivity contribution is -0.0440. The number of carbonyl (C=O) groups is 1. The second-order valence-electron chi connectivity index (χ2n) is 6.94. The van der Waals surface area contributed by atoms with E-state index >= 15 is 0 Å². The Morgan fingerprint density at radius 2 is 1.81 bits per heavy atom. The summed E-state index contributed by atoms with van der Waals surface area (Å²) in [4.78, 5) is 14.5. The number of hydrogen-bond acceptors (Lipinski definition) is 4. The molecule has 6 nitrogen and oxygen atoms in total. The van der Waals surface area contributed by atoms with Crippen LogP contribution in [0, 0.1) is 0 Å². The molecule has 1 fully saturated rings. The van der Waals surface area contributed by atoms with Crippen molar-refractivity contribution in [3.8, 4) is 0 Å². The van der Waals surface area contributed by atoms with E-state index in [9.17, 15) is 13.2 Å². The van der Waals surface area contributed by atoms with Crippen LogP contribution in [0.3, 0.4) is 0 Å². The molecule has 0 spiro atoms. The normalized spacial score (nSPS) is 23.8. The lowest BCUT2D eigenvalue weighted by Crippen LogP contribution is -2.48. The Labute approximate surface area is 153 Å². The molecule has 1 amide bonds. The molecule has 4 rings (SSSR count). The van der Waals surface area contributed by atoms with Crippen LogP contribution in [0.5, 0.6) is 0 Å². The van der Waals surface area contributed by atoms with Crippen molar-refractivity contribution >= 4 is 32.4 Å². The van der Waals surface area contributed by atoms with Gasteiger partial charge in [-0.1, -0.05) is 12.1 Å². The van der Waals surface area contributed by atoms with Gasteiger partial charge in [0.05, 0.1) is 22.8 Å². The number of rotatable bonds is 3. The maximum atomic E-state index is 13.3. The van der Waals surface area contributed by atoms with Crippen LogP contribution in [0.1, 0.15) is 31.1 Å². The number of benzene rings is 2. The monoisotopic (exact) mass is 374 g/mol. The summed E-state index contributed by atoms with van der Waals surface area (Å²) in [6, 6.07) is 8.68. The van der Waals surface area contributed by atoms with Crippen LogP contribution in [0.25, 0.3) is 10.8 Å². The first kappa shape index (κ1) is 17.5. The van der Waals surface area contributed by atoms with Crippen LogP contribution in [-0.2, 0) is 14.8 Å². The first-order valence-corrected chi connectivity index (χ1v) is 10.3. The first-order chi connectivity index (χ1) is 12.3. The molecule has 0 aromatic heterocycles. The fourth-order valence-electron chi connectivity index (χ4n) is 4.02. The molecule has 7 heteroatoms.